The molecule has 0 bridgehead atoms. The first-order valence-electron chi connectivity index (χ1n) is 11.3. The normalized spacial score (nSPS) is 14.4. The van der Waals surface area contributed by atoms with E-state index in [1.807, 2.05) is 19.1 Å². The fourth-order valence-corrected chi connectivity index (χ4v) is 5.01. The average molecular weight is 607 g/mol. The van der Waals surface area contributed by atoms with E-state index in [1.54, 1.807) is 30.3 Å². The van der Waals surface area contributed by atoms with Crippen LogP contribution in [0.15, 0.2) is 70.0 Å². The zero-order valence-corrected chi connectivity index (χ0v) is 22.9. The minimum absolute atomic E-state index is 0.0742. The van der Waals surface area contributed by atoms with Crippen molar-refractivity contribution in [2.45, 2.75) is 13.5 Å². The van der Waals surface area contributed by atoms with E-state index >= 15 is 0 Å². The van der Waals surface area contributed by atoms with Crippen LogP contribution >= 0.6 is 39.3 Å². The summed E-state index contributed by atoms with van der Waals surface area (Å²) in [6.45, 7) is 2.76. The number of thioether (sulfide) groups is 1. The Morgan fingerprint density at radius 3 is 2.46 bits per heavy atom. The van der Waals surface area contributed by atoms with Crippen molar-refractivity contribution < 1.29 is 28.2 Å². The zero-order valence-electron chi connectivity index (χ0n) is 19.7. The molecule has 0 N–H and O–H groups in total. The number of hydrogen-bond donors (Lipinski definition) is 0. The summed E-state index contributed by atoms with van der Waals surface area (Å²) in [4.78, 5) is 26.8. The van der Waals surface area contributed by atoms with Crippen molar-refractivity contribution in [3.05, 3.63) is 92.0 Å². The second kappa shape index (κ2) is 12.5. The summed E-state index contributed by atoms with van der Waals surface area (Å²) in [5.74, 6) is 0.707. The number of imide groups is 1. The van der Waals surface area contributed by atoms with Crippen molar-refractivity contribution >= 4 is 56.5 Å². The summed E-state index contributed by atoms with van der Waals surface area (Å²) in [6, 6.07) is 16.4. The molecule has 0 saturated carbocycles. The Hall–Kier alpha value is -3.01. The Bertz CT molecular complexity index is 1320. The van der Waals surface area contributed by atoms with E-state index < -0.39 is 5.91 Å². The van der Waals surface area contributed by atoms with Crippen molar-refractivity contribution in [2.75, 3.05) is 19.8 Å². The Labute approximate surface area is 231 Å². The number of ether oxygens (including phenoxy) is 3. The van der Waals surface area contributed by atoms with Gasteiger partial charge in [0.15, 0.2) is 11.5 Å². The number of carbonyl (C=O) groups excluding carboxylic acids is 2. The molecule has 10 heteroatoms. The third kappa shape index (κ3) is 7.06. The monoisotopic (exact) mass is 605 g/mol. The summed E-state index contributed by atoms with van der Waals surface area (Å²) in [7, 11) is 0. The summed E-state index contributed by atoms with van der Waals surface area (Å²) in [5.41, 5.74) is 1.61. The molecule has 0 atom stereocenters. The molecule has 3 aromatic rings. The average Bonchev–Trinajstić information content (AvgIpc) is 3.13. The Kier molecular flexibility index (Phi) is 9.13. The van der Waals surface area contributed by atoms with Gasteiger partial charge in [0, 0.05) is 5.02 Å². The smallest absolute Gasteiger partial charge is 0.293 e. The molecule has 0 aliphatic carbocycles. The van der Waals surface area contributed by atoms with Gasteiger partial charge >= 0.3 is 0 Å². The molecule has 4 rings (SSSR count). The van der Waals surface area contributed by atoms with Crippen LogP contribution in [0.4, 0.5) is 9.18 Å². The number of halogens is 3. The number of benzene rings is 3. The van der Waals surface area contributed by atoms with E-state index in [-0.39, 0.29) is 29.1 Å². The Balaban J connectivity index is 1.45. The first kappa shape index (κ1) is 27.0. The minimum Gasteiger partial charge on any atom is -0.492 e. The second-order valence-electron chi connectivity index (χ2n) is 7.81. The molecule has 1 aliphatic heterocycles. The van der Waals surface area contributed by atoms with Gasteiger partial charge in [-0.1, -0.05) is 23.7 Å². The zero-order chi connectivity index (χ0) is 26.4. The first-order chi connectivity index (χ1) is 17.8. The van der Waals surface area contributed by atoms with Crippen molar-refractivity contribution in [2.24, 2.45) is 0 Å². The molecule has 2 amide bonds. The van der Waals surface area contributed by atoms with Crippen molar-refractivity contribution in [3.63, 3.8) is 0 Å². The van der Waals surface area contributed by atoms with Crippen LogP contribution in [-0.4, -0.2) is 35.8 Å². The topological polar surface area (TPSA) is 65.1 Å². The van der Waals surface area contributed by atoms with E-state index in [2.05, 4.69) is 15.9 Å². The van der Waals surface area contributed by atoms with Crippen LogP contribution in [0.5, 0.6) is 17.2 Å². The molecule has 0 radical (unpaired) electrons. The van der Waals surface area contributed by atoms with E-state index in [9.17, 15) is 14.0 Å². The van der Waals surface area contributed by atoms with Crippen LogP contribution < -0.4 is 14.2 Å². The van der Waals surface area contributed by atoms with Gasteiger partial charge in [0.2, 0.25) is 0 Å². The molecule has 37 heavy (non-hydrogen) atoms. The number of rotatable bonds is 10. The highest BCUT2D eigenvalue weighted by molar-refractivity contribution is 9.10. The van der Waals surface area contributed by atoms with Crippen LogP contribution in [-0.2, 0) is 11.4 Å². The predicted molar refractivity (Wildman–Crippen MR) is 146 cm³/mol. The molecular weight excluding hydrogens is 585 g/mol. The number of amides is 2. The fraction of sp³-hybridized carbons (Fsp3) is 0.185. The predicted octanol–water partition coefficient (Wildman–Crippen LogP) is 7.33. The molecule has 1 heterocycles. The van der Waals surface area contributed by atoms with Gasteiger partial charge in [-0.3, -0.25) is 14.5 Å². The lowest BCUT2D eigenvalue weighted by atomic mass is 10.1. The third-order valence-electron chi connectivity index (χ3n) is 5.20. The maximum Gasteiger partial charge on any atom is 0.293 e. The second-order valence-corrected chi connectivity index (χ2v) is 10.1. The molecule has 3 aromatic carbocycles. The van der Waals surface area contributed by atoms with Crippen molar-refractivity contribution in [1.29, 1.82) is 0 Å². The van der Waals surface area contributed by atoms with Gasteiger partial charge in [-0.05, 0) is 100 Å². The number of carbonyl (C=O) groups is 2. The molecule has 0 spiro atoms. The van der Waals surface area contributed by atoms with Crippen LogP contribution in [0.3, 0.4) is 0 Å². The summed E-state index contributed by atoms with van der Waals surface area (Å²) < 4.78 is 31.0. The minimum atomic E-state index is -0.408. The van der Waals surface area contributed by atoms with Crippen LogP contribution in [0.25, 0.3) is 6.08 Å². The molecule has 6 nitrogen and oxygen atoms in total. The van der Waals surface area contributed by atoms with E-state index in [0.29, 0.717) is 45.5 Å². The molecule has 0 aromatic heterocycles. The molecule has 1 saturated heterocycles. The van der Waals surface area contributed by atoms with Crippen LogP contribution in [0.1, 0.15) is 18.1 Å². The van der Waals surface area contributed by atoms with Gasteiger partial charge in [-0.25, -0.2) is 4.39 Å². The third-order valence-corrected chi connectivity index (χ3v) is 6.95. The lowest BCUT2D eigenvalue weighted by Crippen LogP contribution is -2.32. The van der Waals surface area contributed by atoms with Crippen molar-refractivity contribution in [1.82, 2.24) is 4.90 Å². The summed E-state index contributed by atoms with van der Waals surface area (Å²) in [5, 5.41) is 0.264. The van der Waals surface area contributed by atoms with Crippen LogP contribution in [0.2, 0.25) is 5.02 Å². The van der Waals surface area contributed by atoms with Crippen LogP contribution in [0, 0.1) is 5.82 Å². The molecular formula is C27H22BrClFNO5S. The largest absolute Gasteiger partial charge is 0.492 e. The fourth-order valence-electron chi connectivity index (χ4n) is 3.44. The van der Waals surface area contributed by atoms with E-state index in [0.717, 1.165) is 22.2 Å². The maximum atomic E-state index is 13.0. The molecule has 1 aliphatic rings. The maximum absolute atomic E-state index is 13.0. The lowest BCUT2D eigenvalue weighted by molar-refractivity contribution is -0.123. The number of hydrogen-bond acceptors (Lipinski definition) is 6. The highest BCUT2D eigenvalue weighted by atomic mass is 79.9. The Morgan fingerprint density at radius 2 is 1.76 bits per heavy atom. The van der Waals surface area contributed by atoms with Gasteiger partial charge in [-0.15, -0.1) is 0 Å². The molecule has 1 fully saturated rings. The summed E-state index contributed by atoms with van der Waals surface area (Å²) in [6.07, 6.45) is 1.64. The van der Waals surface area contributed by atoms with E-state index in [4.69, 9.17) is 25.8 Å². The van der Waals surface area contributed by atoms with Gasteiger partial charge in [0.1, 0.15) is 24.8 Å². The first-order valence-corrected chi connectivity index (χ1v) is 13.3. The molecule has 192 valence electrons. The van der Waals surface area contributed by atoms with Gasteiger partial charge in [0.05, 0.1) is 22.5 Å². The van der Waals surface area contributed by atoms with E-state index in [1.165, 1.54) is 24.3 Å². The highest BCUT2D eigenvalue weighted by Gasteiger charge is 2.35. The SMILES string of the molecule is CCOc1cc(/C=C2\SC(=O)N(CCOc3ccc(F)cc3)C2=O)cc(Br)c1OCc1ccc(Cl)cc1. The highest BCUT2D eigenvalue weighted by Crippen LogP contribution is 2.39. The molecule has 0 unspecified atom stereocenters. The standard InChI is InChI=1S/C27H22BrClFNO5S/c1-2-34-23-14-18(13-22(28)25(23)36-16-17-3-5-19(29)6-4-17)15-24-26(32)31(27(33)37-24)11-12-35-21-9-7-20(30)8-10-21/h3-10,13-15H,2,11-12,16H2,1H3/b24-15-. The lowest BCUT2D eigenvalue weighted by Gasteiger charge is -2.15. The quantitative estimate of drug-likeness (QED) is 0.225. The summed E-state index contributed by atoms with van der Waals surface area (Å²) >= 11 is 10.3. The van der Waals surface area contributed by atoms with Gasteiger partial charge in [-0.2, -0.15) is 0 Å². The van der Waals surface area contributed by atoms with Gasteiger partial charge in [0.25, 0.3) is 11.1 Å². The van der Waals surface area contributed by atoms with Gasteiger partial charge < -0.3 is 14.2 Å². The Morgan fingerprint density at radius 1 is 1.03 bits per heavy atom. The number of nitrogens with zero attached hydrogens (tertiary/aromatic N) is 1. The van der Waals surface area contributed by atoms with Crippen molar-refractivity contribution in [3.8, 4) is 17.2 Å².